The summed E-state index contributed by atoms with van der Waals surface area (Å²) in [6.07, 6.45) is 13.6. The summed E-state index contributed by atoms with van der Waals surface area (Å²) in [4.78, 5) is 31.5. The van der Waals surface area contributed by atoms with Gasteiger partial charge >= 0.3 is 5.69 Å². The zero-order chi connectivity index (χ0) is 25.2. The van der Waals surface area contributed by atoms with E-state index < -0.39 is 11.2 Å². The molecule has 0 fully saturated rings. The third-order valence-electron chi connectivity index (χ3n) is 6.10. The van der Waals surface area contributed by atoms with Gasteiger partial charge < -0.3 is 9.67 Å². The van der Waals surface area contributed by atoms with Crippen molar-refractivity contribution in [3.8, 4) is 5.75 Å². The normalized spacial score (nSPS) is 11.6. The number of phenols is 1. The molecule has 0 aliphatic rings. The number of fused-ring (bicyclic) bond motifs is 1. The Kier molecular flexibility index (Phi) is 10.1. The van der Waals surface area contributed by atoms with E-state index >= 15 is 0 Å². The molecule has 1 aromatic carbocycles. The second-order valence-corrected chi connectivity index (χ2v) is 9.75. The number of unbranched alkanes of at least 4 members (excludes halogenated alkanes) is 9. The Labute approximate surface area is 213 Å². The summed E-state index contributed by atoms with van der Waals surface area (Å²) in [6.45, 7) is 2.81. The first-order valence-electron chi connectivity index (χ1n) is 12.4. The standard InChI is InChI=1S/C25H35BrN6O3/c1-3-4-5-6-7-8-9-10-11-12-15-32-21-22(31(2)25(35)29-23(21)34)28-24(32)30-27-17-18-16-19(26)13-14-20(18)33/h13-14,16-17,33H,3-12,15H2,1-2H3,(H,28,30)(H,29,34,35)/b27-17+. The van der Waals surface area contributed by atoms with Crippen molar-refractivity contribution in [3.05, 3.63) is 49.1 Å². The van der Waals surface area contributed by atoms with Crippen molar-refractivity contribution in [1.82, 2.24) is 19.1 Å². The summed E-state index contributed by atoms with van der Waals surface area (Å²) in [7, 11) is 1.57. The van der Waals surface area contributed by atoms with Crippen molar-refractivity contribution >= 4 is 39.3 Å². The third kappa shape index (κ3) is 7.30. The number of halogens is 1. The Hall–Kier alpha value is -2.88. The van der Waals surface area contributed by atoms with Gasteiger partial charge in [0.25, 0.3) is 5.56 Å². The Morgan fingerprint density at radius 2 is 1.74 bits per heavy atom. The number of nitrogens with zero attached hydrogens (tertiary/aromatic N) is 4. The van der Waals surface area contributed by atoms with Crippen LogP contribution in [0.15, 0.2) is 37.4 Å². The number of aromatic amines is 1. The van der Waals surface area contributed by atoms with Gasteiger partial charge in [-0.05, 0) is 24.6 Å². The van der Waals surface area contributed by atoms with Gasteiger partial charge in [-0.3, -0.25) is 14.3 Å². The minimum atomic E-state index is -0.514. The average Bonchev–Trinajstić information content (AvgIpc) is 3.20. The number of aryl methyl sites for hydroxylation is 2. The van der Waals surface area contributed by atoms with Crippen molar-refractivity contribution < 1.29 is 5.11 Å². The Bertz CT molecular complexity index is 1260. The van der Waals surface area contributed by atoms with Gasteiger partial charge in [-0.25, -0.2) is 10.2 Å². The molecule has 10 heteroatoms. The molecule has 0 saturated carbocycles. The van der Waals surface area contributed by atoms with Crippen LogP contribution in [-0.4, -0.2) is 30.4 Å². The lowest BCUT2D eigenvalue weighted by Gasteiger charge is -2.08. The number of hydrogen-bond donors (Lipinski definition) is 3. The largest absolute Gasteiger partial charge is 0.507 e. The number of aromatic hydroxyl groups is 1. The topological polar surface area (TPSA) is 117 Å². The fraction of sp³-hybridized carbons (Fsp3) is 0.520. The molecule has 3 aromatic rings. The summed E-state index contributed by atoms with van der Waals surface area (Å²) in [5, 5.41) is 14.2. The molecular formula is C25H35BrN6O3. The molecular weight excluding hydrogens is 512 g/mol. The van der Waals surface area contributed by atoms with Gasteiger partial charge in [-0.2, -0.15) is 10.1 Å². The number of nitrogens with one attached hydrogen (secondary N) is 2. The highest BCUT2D eigenvalue weighted by Gasteiger charge is 2.17. The van der Waals surface area contributed by atoms with Gasteiger partial charge in [0.1, 0.15) is 5.75 Å². The van der Waals surface area contributed by atoms with Crippen molar-refractivity contribution in [3.63, 3.8) is 0 Å². The average molecular weight is 547 g/mol. The number of benzene rings is 1. The third-order valence-corrected chi connectivity index (χ3v) is 6.59. The maximum Gasteiger partial charge on any atom is 0.329 e. The Morgan fingerprint density at radius 1 is 1.09 bits per heavy atom. The van der Waals surface area contributed by atoms with Crippen LogP contribution >= 0.6 is 15.9 Å². The minimum Gasteiger partial charge on any atom is -0.507 e. The first-order chi connectivity index (χ1) is 16.9. The molecule has 2 heterocycles. The maximum absolute atomic E-state index is 12.6. The molecule has 0 unspecified atom stereocenters. The van der Waals surface area contributed by atoms with Gasteiger partial charge in [-0.15, -0.1) is 0 Å². The molecule has 2 aromatic heterocycles. The van der Waals surface area contributed by atoms with E-state index in [0.717, 1.165) is 23.7 Å². The van der Waals surface area contributed by atoms with Gasteiger partial charge in [-0.1, -0.05) is 80.6 Å². The first kappa shape index (κ1) is 26.7. The highest BCUT2D eigenvalue weighted by Crippen LogP contribution is 2.21. The van der Waals surface area contributed by atoms with Crippen molar-refractivity contribution in [1.29, 1.82) is 0 Å². The minimum absolute atomic E-state index is 0.0939. The zero-order valence-corrected chi connectivity index (χ0v) is 22.1. The van der Waals surface area contributed by atoms with E-state index in [-0.39, 0.29) is 5.75 Å². The predicted molar refractivity (Wildman–Crippen MR) is 144 cm³/mol. The molecule has 0 bridgehead atoms. The number of hydrogen-bond acceptors (Lipinski definition) is 6. The van der Waals surface area contributed by atoms with Crippen LogP contribution in [0.2, 0.25) is 0 Å². The van der Waals surface area contributed by atoms with Crippen LogP contribution in [0.1, 0.15) is 76.7 Å². The molecule has 0 aliphatic carbocycles. The van der Waals surface area contributed by atoms with Crippen LogP contribution in [-0.2, 0) is 13.6 Å². The maximum atomic E-state index is 12.6. The molecule has 3 N–H and O–H groups in total. The van der Waals surface area contributed by atoms with Crippen LogP contribution in [0.4, 0.5) is 5.95 Å². The highest BCUT2D eigenvalue weighted by molar-refractivity contribution is 9.10. The van der Waals surface area contributed by atoms with E-state index in [0.29, 0.717) is 29.2 Å². The lowest BCUT2D eigenvalue weighted by molar-refractivity contribution is 0.474. The second-order valence-electron chi connectivity index (χ2n) is 8.83. The summed E-state index contributed by atoms with van der Waals surface area (Å²) >= 11 is 3.38. The molecule has 35 heavy (non-hydrogen) atoms. The molecule has 0 aliphatic heterocycles. The van der Waals surface area contributed by atoms with Crippen molar-refractivity contribution in [2.75, 3.05) is 5.43 Å². The lowest BCUT2D eigenvalue weighted by Crippen LogP contribution is -2.29. The quantitative estimate of drug-likeness (QED) is 0.145. The van der Waals surface area contributed by atoms with E-state index in [4.69, 9.17) is 0 Å². The Balaban J connectivity index is 1.68. The fourth-order valence-corrected chi connectivity index (χ4v) is 4.46. The van der Waals surface area contributed by atoms with Crippen molar-refractivity contribution in [2.45, 2.75) is 77.7 Å². The number of imidazole rings is 1. The van der Waals surface area contributed by atoms with E-state index in [2.05, 4.69) is 43.3 Å². The second kappa shape index (κ2) is 13.3. The lowest BCUT2D eigenvalue weighted by atomic mass is 10.1. The first-order valence-corrected chi connectivity index (χ1v) is 13.2. The van der Waals surface area contributed by atoms with Crippen molar-refractivity contribution in [2.24, 2.45) is 12.1 Å². The van der Waals surface area contributed by atoms with Gasteiger partial charge in [0.05, 0.1) is 6.21 Å². The molecule has 0 spiro atoms. The summed E-state index contributed by atoms with van der Waals surface area (Å²) < 4.78 is 3.91. The van der Waals surface area contributed by atoms with Gasteiger partial charge in [0.15, 0.2) is 11.2 Å². The predicted octanol–water partition coefficient (Wildman–Crippen LogP) is 5.26. The molecule has 0 amide bonds. The van der Waals surface area contributed by atoms with E-state index in [1.807, 2.05) is 0 Å². The van der Waals surface area contributed by atoms with Gasteiger partial charge in [0.2, 0.25) is 5.95 Å². The highest BCUT2D eigenvalue weighted by atomic mass is 79.9. The van der Waals surface area contributed by atoms with Gasteiger partial charge in [0, 0.05) is 23.6 Å². The van der Waals surface area contributed by atoms with Crippen LogP contribution in [0, 0.1) is 0 Å². The number of H-pyrrole nitrogens is 1. The van der Waals surface area contributed by atoms with Crippen LogP contribution in [0.5, 0.6) is 5.75 Å². The van der Waals surface area contributed by atoms with E-state index in [1.54, 1.807) is 29.8 Å². The van der Waals surface area contributed by atoms with E-state index in [1.165, 1.54) is 55.7 Å². The number of phenolic OH excluding ortho intramolecular Hbond substituents is 1. The molecule has 3 rings (SSSR count). The molecule has 0 radical (unpaired) electrons. The summed E-state index contributed by atoms with van der Waals surface area (Å²) in [6, 6.07) is 5.04. The SMILES string of the molecule is CCCCCCCCCCCCn1c(N/N=C/c2cc(Br)ccc2O)nc2c1c(=O)[nH]c(=O)n2C. The fourth-order valence-electron chi connectivity index (χ4n) is 4.08. The monoisotopic (exact) mass is 546 g/mol. The smallest absolute Gasteiger partial charge is 0.329 e. The van der Waals surface area contributed by atoms with Crippen LogP contribution < -0.4 is 16.7 Å². The summed E-state index contributed by atoms with van der Waals surface area (Å²) in [5.41, 5.74) is 3.06. The molecule has 0 saturated heterocycles. The molecule has 9 nitrogen and oxygen atoms in total. The molecule has 0 atom stereocenters. The zero-order valence-electron chi connectivity index (χ0n) is 20.5. The number of hydrazone groups is 1. The van der Waals surface area contributed by atoms with Crippen LogP contribution in [0.25, 0.3) is 11.2 Å². The van der Waals surface area contributed by atoms with E-state index in [9.17, 15) is 14.7 Å². The summed E-state index contributed by atoms with van der Waals surface area (Å²) in [5.74, 6) is 0.463. The number of aromatic nitrogens is 4. The van der Waals surface area contributed by atoms with Crippen LogP contribution in [0.3, 0.4) is 0 Å². The Morgan fingerprint density at radius 3 is 2.43 bits per heavy atom. The molecule has 190 valence electrons. The number of anilines is 1. The number of rotatable bonds is 14.